The maximum Gasteiger partial charge on any atom is 0.242 e. The molecular weight excluding hydrogens is 391 g/mol. The van der Waals surface area contributed by atoms with Gasteiger partial charge in [-0.3, -0.25) is 9.59 Å². The molecule has 1 aliphatic carbocycles. The Labute approximate surface area is 176 Å². The summed E-state index contributed by atoms with van der Waals surface area (Å²) in [6.07, 6.45) is 4.17. The molecule has 6 heteroatoms. The average Bonchev–Trinajstić information content (AvgIpc) is 3.21. The van der Waals surface area contributed by atoms with Crippen molar-refractivity contribution in [2.45, 2.75) is 57.7 Å². The van der Waals surface area contributed by atoms with Gasteiger partial charge in [-0.25, -0.2) is 4.39 Å². The minimum absolute atomic E-state index is 0.0230. The Morgan fingerprint density at radius 2 is 1.72 bits per heavy atom. The van der Waals surface area contributed by atoms with Gasteiger partial charge in [0.15, 0.2) is 0 Å². The first-order valence-electron chi connectivity index (χ1n) is 10.0. The van der Waals surface area contributed by atoms with E-state index < -0.39 is 11.9 Å². The van der Waals surface area contributed by atoms with E-state index in [2.05, 4.69) is 5.32 Å². The average molecular weight is 417 g/mol. The minimum atomic E-state index is -0.717. The van der Waals surface area contributed by atoms with Gasteiger partial charge in [0.25, 0.3) is 0 Å². The third-order valence-corrected chi connectivity index (χ3v) is 5.84. The molecule has 3 rings (SSSR count). The molecule has 0 spiro atoms. The lowest BCUT2D eigenvalue weighted by molar-refractivity contribution is -0.140. The topological polar surface area (TPSA) is 49.4 Å². The molecule has 0 aliphatic heterocycles. The second-order valence-corrected chi connectivity index (χ2v) is 7.95. The highest BCUT2D eigenvalue weighted by molar-refractivity contribution is 6.31. The molecule has 29 heavy (non-hydrogen) atoms. The summed E-state index contributed by atoms with van der Waals surface area (Å²) in [5, 5.41) is 3.53. The van der Waals surface area contributed by atoms with Crippen molar-refractivity contribution >= 4 is 23.4 Å². The largest absolute Gasteiger partial charge is 0.352 e. The van der Waals surface area contributed by atoms with Crippen molar-refractivity contribution in [2.24, 2.45) is 0 Å². The summed E-state index contributed by atoms with van der Waals surface area (Å²) in [7, 11) is 0. The molecule has 4 nitrogen and oxygen atoms in total. The van der Waals surface area contributed by atoms with Gasteiger partial charge in [0.05, 0.1) is 6.42 Å². The van der Waals surface area contributed by atoms with Gasteiger partial charge in [-0.15, -0.1) is 0 Å². The van der Waals surface area contributed by atoms with Crippen LogP contribution in [0, 0.1) is 5.82 Å². The first kappa shape index (κ1) is 21.3. The molecule has 2 amide bonds. The van der Waals surface area contributed by atoms with Gasteiger partial charge in [-0.2, -0.15) is 0 Å². The van der Waals surface area contributed by atoms with E-state index in [1.54, 1.807) is 43.3 Å². The first-order valence-corrected chi connectivity index (χ1v) is 10.4. The molecule has 0 radical (unpaired) electrons. The number of hydrogen-bond donors (Lipinski definition) is 1. The molecule has 154 valence electrons. The van der Waals surface area contributed by atoms with E-state index in [4.69, 9.17) is 11.6 Å². The van der Waals surface area contributed by atoms with Crippen molar-refractivity contribution in [3.05, 3.63) is 70.5 Å². The van der Waals surface area contributed by atoms with Crippen molar-refractivity contribution in [3.8, 4) is 0 Å². The van der Waals surface area contributed by atoms with Crippen LogP contribution < -0.4 is 5.32 Å². The zero-order valence-electron chi connectivity index (χ0n) is 16.5. The third kappa shape index (κ3) is 5.57. The van der Waals surface area contributed by atoms with Gasteiger partial charge in [-0.05, 0) is 37.5 Å². The Kier molecular flexibility index (Phi) is 7.26. The van der Waals surface area contributed by atoms with Gasteiger partial charge in [0.1, 0.15) is 11.9 Å². The van der Waals surface area contributed by atoms with Crippen LogP contribution in [0.15, 0.2) is 48.5 Å². The number of nitrogens with one attached hydrogen (secondary N) is 1. The van der Waals surface area contributed by atoms with Crippen LogP contribution in [0.4, 0.5) is 4.39 Å². The number of carbonyl (C=O) groups excluding carboxylic acids is 2. The van der Waals surface area contributed by atoms with Crippen molar-refractivity contribution in [2.75, 3.05) is 0 Å². The molecule has 0 saturated heterocycles. The van der Waals surface area contributed by atoms with Crippen molar-refractivity contribution in [3.63, 3.8) is 0 Å². The molecule has 1 N–H and O–H groups in total. The number of halogens is 2. The number of amides is 2. The fourth-order valence-corrected chi connectivity index (χ4v) is 3.89. The molecule has 1 saturated carbocycles. The predicted octanol–water partition coefficient (Wildman–Crippen LogP) is 4.50. The highest BCUT2D eigenvalue weighted by Crippen LogP contribution is 2.21. The fourth-order valence-electron chi connectivity index (χ4n) is 3.69. The quantitative estimate of drug-likeness (QED) is 0.722. The van der Waals surface area contributed by atoms with E-state index in [0.29, 0.717) is 16.1 Å². The smallest absolute Gasteiger partial charge is 0.242 e. The van der Waals surface area contributed by atoms with E-state index in [1.807, 2.05) is 6.07 Å². The van der Waals surface area contributed by atoms with Gasteiger partial charge in [0, 0.05) is 23.2 Å². The predicted molar refractivity (Wildman–Crippen MR) is 112 cm³/mol. The molecule has 2 aromatic carbocycles. The molecule has 1 atom stereocenters. The van der Waals surface area contributed by atoms with Crippen LogP contribution in [0.1, 0.15) is 43.7 Å². The molecule has 0 aromatic heterocycles. The summed E-state index contributed by atoms with van der Waals surface area (Å²) < 4.78 is 14.2. The van der Waals surface area contributed by atoms with Crippen molar-refractivity contribution in [1.82, 2.24) is 10.2 Å². The maximum atomic E-state index is 14.2. The van der Waals surface area contributed by atoms with E-state index in [0.717, 1.165) is 25.7 Å². The summed E-state index contributed by atoms with van der Waals surface area (Å²) in [4.78, 5) is 27.4. The Morgan fingerprint density at radius 3 is 2.38 bits per heavy atom. The second kappa shape index (κ2) is 9.88. The summed E-state index contributed by atoms with van der Waals surface area (Å²) in [6, 6.07) is 12.9. The Balaban J connectivity index is 1.80. The zero-order chi connectivity index (χ0) is 20.8. The van der Waals surface area contributed by atoms with E-state index >= 15 is 0 Å². The van der Waals surface area contributed by atoms with Crippen LogP contribution in [-0.4, -0.2) is 28.8 Å². The Bertz CT molecular complexity index is 867. The fraction of sp³-hybridized carbons (Fsp3) is 0.391. The lowest BCUT2D eigenvalue weighted by Crippen LogP contribution is -2.50. The molecule has 1 unspecified atom stereocenters. The monoisotopic (exact) mass is 416 g/mol. The lowest BCUT2D eigenvalue weighted by atomic mass is 10.1. The van der Waals surface area contributed by atoms with Crippen molar-refractivity contribution in [1.29, 1.82) is 0 Å². The number of benzene rings is 2. The second-order valence-electron chi connectivity index (χ2n) is 7.55. The highest BCUT2D eigenvalue weighted by atomic mass is 35.5. The minimum Gasteiger partial charge on any atom is -0.352 e. The van der Waals surface area contributed by atoms with Gasteiger partial charge >= 0.3 is 0 Å². The first-order chi connectivity index (χ1) is 14.0. The number of nitrogens with zero attached hydrogens (tertiary/aromatic N) is 1. The number of rotatable bonds is 7. The SMILES string of the molecule is CC(C(=O)NC1CCCC1)N(Cc1ccccc1F)C(=O)Cc1ccccc1Cl. The third-order valence-electron chi connectivity index (χ3n) is 5.47. The number of carbonyl (C=O) groups is 2. The van der Waals surface area contributed by atoms with E-state index in [1.165, 1.54) is 11.0 Å². The standard InChI is InChI=1S/C23H26ClFN2O2/c1-16(23(29)26-19-10-4-5-11-19)27(15-18-9-3-7-13-21(18)25)22(28)14-17-8-2-6-12-20(17)24/h2-3,6-9,12-13,16,19H,4-5,10-11,14-15H2,1H3,(H,26,29). The highest BCUT2D eigenvalue weighted by Gasteiger charge is 2.29. The molecule has 0 heterocycles. The summed E-state index contributed by atoms with van der Waals surface area (Å²) in [6.45, 7) is 1.71. The molecule has 2 aromatic rings. The van der Waals surface area contributed by atoms with Crippen LogP contribution in [0.5, 0.6) is 0 Å². The van der Waals surface area contributed by atoms with Crippen LogP contribution in [0.25, 0.3) is 0 Å². The molecular formula is C23H26ClFN2O2. The normalized spacial score (nSPS) is 15.1. The Morgan fingerprint density at radius 1 is 1.10 bits per heavy atom. The molecule has 1 aliphatic rings. The van der Waals surface area contributed by atoms with E-state index in [-0.39, 0.29) is 30.8 Å². The van der Waals surface area contributed by atoms with Crippen molar-refractivity contribution < 1.29 is 14.0 Å². The zero-order valence-corrected chi connectivity index (χ0v) is 17.3. The molecule has 1 fully saturated rings. The van der Waals surface area contributed by atoms with Gasteiger partial charge in [-0.1, -0.05) is 60.8 Å². The van der Waals surface area contributed by atoms with Gasteiger partial charge in [0.2, 0.25) is 11.8 Å². The summed E-state index contributed by atoms with van der Waals surface area (Å²) >= 11 is 6.20. The Hall–Kier alpha value is -2.40. The van der Waals surface area contributed by atoms with Crippen LogP contribution in [0.2, 0.25) is 5.02 Å². The number of hydrogen-bond acceptors (Lipinski definition) is 2. The van der Waals surface area contributed by atoms with Crippen LogP contribution >= 0.6 is 11.6 Å². The van der Waals surface area contributed by atoms with Crippen LogP contribution in [-0.2, 0) is 22.6 Å². The van der Waals surface area contributed by atoms with Crippen LogP contribution in [0.3, 0.4) is 0 Å². The maximum absolute atomic E-state index is 14.2. The van der Waals surface area contributed by atoms with Gasteiger partial charge < -0.3 is 10.2 Å². The summed E-state index contributed by atoms with van der Waals surface area (Å²) in [5.41, 5.74) is 1.06. The summed E-state index contributed by atoms with van der Waals surface area (Å²) in [5.74, 6) is -0.873. The lowest BCUT2D eigenvalue weighted by Gasteiger charge is -2.30. The van der Waals surface area contributed by atoms with E-state index in [9.17, 15) is 14.0 Å². The molecule has 0 bridgehead atoms.